The van der Waals surface area contributed by atoms with Crippen LogP contribution in [0.2, 0.25) is 0 Å². The van der Waals surface area contributed by atoms with Crippen LogP contribution in [0.3, 0.4) is 0 Å². The molecule has 2 N–H and O–H groups in total. The van der Waals surface area contributed by atoms with Crippen LogP contribution in [0.25, 0.3) is 0 Å². The van der Waals surface area contributed by atoms with Crippen LogP contribution in [0.1, 0.15) is 35.8 Å². The van der Waals surface area contributed by atoms with E-state index >= 15 is 0 Å². The van der Waals surface area contributed by atoms with Crippen LogP contribution >= 0.6 is 0 Å². The minimum absolute atomic E-state index is 0.0385. The molecule has 2 unspecified atom stereocenters. The van der Waals surface area contributed by atoms with Gasteiger partial charge >= 0.3 is 0 Å². The molecule has 0 aliphatic carbocycles. The van der Waals surface area contributed by atoms with Crippen molar-refractivity contribution >= 4 is 0 Å². The van der Waals surface area contributed by atoms with E-state index in [1.54, 1.807) is 19.2 Å². The van der Waals surface area contributed by atoms with E-state index in [-0.39, 0.29) is 24.6 Å². The molecule has 0 heterocycles. The van der Waals surface area contributed by atoms with Crippen molar-refractivity contribution in [3.05, 3.63) is 71.0 Å². The van der Waals surface area contributed by atoms with Gasteiger partial charge in [-0.15, -0.1) is 0 Å². The molecule has 0 fully saturated rings. The summed E-state index contributed by atoms with van der Waals surface area (Å²) in [6.45, 7) is 2.72. The molecule has 22 heavy (non-hydrogen) atoms. The normalized spacial score (nSPS) is 13.8. The predicted molar refractivity (Wildman–Crippen MR) is 84.9 cm³/mol. The van der Waals surface area contributed by atoms with Gasteiger partial charge in [0.2, 0.25) is 0 Å². The summed E-state index contributed by atoms with van der Waals surface area (Å²) in [5, 5.41) is 12.6. The molecule has 0 amide bonds. The predicted octanol–water partition coefficient (Wildman–Crippen LogP) is 3.36. The Balaban J connectivity index is 1.98. The minimum atomic E-state index is -0.249. The van der Waals surface area contributed by atoms with Crippen molar-refractivity contribution in [3.8, 4) is 0 Å². The Morgan fingerprint density at radius 3 is 2.50 bits per heavy atom. The summed E-state index contributed by atoms with van der Waals surface area (Å²) in [5.74, 6) is -0.249. The number of benzene rings is 2. The number of nitrogens with one attached hydrogen (secondary N) is 1. The third-order valence-corrected chi connectivity index (χ3v) is 3.77. The maximum absolute atomic E-state index is 13.0. The first-order valence-corrected chi connectivity index (χ1v) is 7.35. The Morgan fingerprint density at radius 1 is 1.14 bits per heavy atom. The lowest BCUT2D eigenvalue weighted by Crippen LogP contribution is -2.25. The maximum atomic E-state index is 13.0. The van der Waals surface area contributed by atoms with Crippen molar-refractivity contribution in [3.63, 3.8) is 0 Å². The molecule has 0 bridgehead atoms. The largest absolute Gasteiger partial charge is 0.392 e. The Bertz CT molecular complexity index is 586. The van der Waals surface area contributed by atoms with E-state index in [1.165, 1.54) is 12.1 Å². The first-order chi connectivity index (χ1) is 10.6. The van der Waals surface area contributed by atoms with Crippen molar-refractivity contribution in [2.24, 2.45) is 0 Å². The van der Waals surface area contributed by atoms with E-state index in [4.69, 9.17) is 4.74 Å². The summed E-state index contributed by atoms with van der Waals surface area (Å²) in [5.41, 5.74) is 2.95. The molecule has 3 nitrogen and oxygen atoms in total. The fraction of sp³-hybridized carbons (Fsp3) is 0.333. The second-order valence-electron chi connectivity index (χ2n) is 5.31. The smallest absolute Gasteiger partial charge is 0.123 e. The van der Waals surface area contributed by atoms with Crippen LogP contribution in [0.15, 0.2) is 48.5 Å². The van der Waals surface area contributed by atoms with Crippen LogP contribution in [-0.2, 0) is 11.3 Å². The van der Waals surface area contributed by atoms with E-state index in [0.717, 1.165) is 16.7 Å². The van der Waals surface area contributed by atoms with E-state index in [9.17, 15) is 9.50 Å². The van der Waals surface area contributed by atoms with Crippen molar-refractivity contribution in [2.45, 2.75) is 25.7 Å². The molecular formula is C18H22FNO2. The van der Waals surface area contributed by atoms with Crippen molar-refractivity contribution in [1.29, 1.82) is 0 Å². The van der Waals surface area contributed by atoms with Gasteiger partial charge in [-0.05, 0) is 35.7 Å². The van der Waals surface area contributed by atoms with Gasteiger partial charge in [-0.2, -0.15) is 0 Å². The topological polar surface area (TPSA) is 41.5 Å². The van der Waals surface area contributed by atoms with Gasteiger partial charge in [0, 0.05) is 19.7 Å². The summed E-state index contributed by atoms with van der Waals surface area (Å²) in [7, 11) is 1.65. The van der Waals surface area contributed by atoms with Crippen molar-refractivity contribution < 1.29 is 14.2 Å². The number of methoxy groups -OCH3 is 1. The van der Waals surface area contributed by atoms with E-state index in [1.807, 2.05) is 24.3 Å². The van der Waals surface area contributed by atoms with Crippen LogP contribution in [-0.4, -0.2) is 18.8 Å². The highest BCUT2D eigenvalue weighted by molar-refractivity contribution is 5.25. The number of aliphatic hydroxyl groups excluding tert-OH is 1. The van der Waals surface area contributed by atoms with Crippen LogP contribution in [0.5, 0.6) is 0 Å². The van der Waals surface area contributed by atoms with Gasteiger partial charge < -0.3 is 15.2 Å². The highest BCUT2D eigenvalue weighted by atomic mass is 19.1. The highest BCUT2D eigenvalue weighted by Gasteiger charge is 2.13. The number of rotatable bonds is 7. The van der Waals surface area contributed by atoms with Gasteiger partial charge in [0.25, 0.3) is 0 Å². The number of hydrogen-bond acceptors (Lipinski definition) is 3. The zero-order chi connectivity index (χ0) is 15.9. The standard InChI is InChI=1S/C18H22FNO2/c1-13(16-5-3-4-14(10-16)12-21)20-11-18(22-2)15-6-8-17(19)9-7-15/h3-10,13,18,20-21H,11-12H2,1-2H3. The molecule has 0 radical (unpaired) electrons. The average Bonchev–Trinajstić information content (AvgIpc) is 2.56. The third-order valence-electron chi connectivity index (χ3n) is 3.77. The van der Waals surface area contributed by atoms with E-state index < -0.39 is 0 Å². The second-order valence-corrected chi connectivity index (χ2v) is 5.31. The van der Waals surface area contributed by atoms with Gasteiger partial charge in [-0.25, -0.2) is 4.39 Å². The number of hydrogen-bond donors (Lipinski definition) is 2. The second kappa shape index (κ2) is 8.03. The fourth-order valence-corrected chi connectivity index (χ4v) is 2.38. The monoisotopic (exact) mass is 303 g/mol. The van der Waals surface area contributed by atoms with E-state index in [2.05, 4.69) is 12.2 Å². The number of ether oxygens (including phenoxy) is 1. The quantitative estimate of drug-likeness (QED) is 0.824. The fourth-order valence-electron chi connectivity index (χ4n) is 2.38. The van der Waals surface area contributed by atoms with Crippen LogP contribution < -0.4 is 5.32 Å². The van der Waals surface area contributed by atoms with Crippen LogP contribution in [0, 0.1) is 5.82 Å². The maximum Gasteiger partial charge on any atom is 0.123 e. The molecule has 118 valence electrons. The minimum Gasteiger partial charge on any atom is -0.392 e. The van der Waals surface area contributed by atoms with Gasteiger partial charge in [0.15, 0.2) is 0 Å². The molecular weight excluding hydrogens is 281 g/mol. The van der Waals surface area contributed by atoms with Gasteiger partial charge in [-0.1, -0.05) is 36.4 Å². The molecule has 2 aromatic carbocycles. The third kappa shape index (κ3) is 4.37. The zero-order valence-electron chi connectivity index (χ0n) is 12.9. The molecule has 2 atom stereocenters. The summed E-state index contributed by atoms with van der Waals surface area (Å²) < 4.78 is 18.5. The Hall–Kier alpha value is -1.75. The average molecular weight is 303 g/mol. The molecule has 2 aromatic rings. The van der Waals surface area contributed by atoms with Crippen LogP contribution in [0.4, 0.5) is 4.39 Å². The zero-order valence-corrected chi connectivity index (χ0v) is 12.9. The van der Waals surface area contributed by atoms with Gasteiger partial charge in [-0.3, -0.25) is 0 Å². The number of halogens is 1. The molecule has 0 saturated carbocycles. The summed E-state index contributed by atoms with van der Waals surface area (Å²) in [6, 6.07) is 14.3. The molecule has 0 aliphatic rings. The summed E-state index contributed by atoms with van der Waals surface area (Å²) >= 11 is 0. The molecule has 0 saturated heterocycles. The Morgan fingerprint density at radius 2 is 1.86 bits per heavy atom. The summed E-state index contributed by atoms with van der Waals surface area (Å²) in [6.07, 6.45) is -0.135. The molecule has 2 rings (SSSR count). The molecule has 0 aliphatic heterocycles. The van der Waals surface area contributed by atoms with Crippen molar-refractivity contribution in [1.82, 2.24) is 5.32 Å². The summed E-state index contributed by atoms with van der Waals surface area (Å²) in [4.78, 5) is 0. The Labute approximate surface area is 130 Å². The molecule has 0 spiro atoms. The molecule has 0 aromatic heterocycles. The van der Waals surface area contributed by atoms with Gasteiger partial charge in [0.05, 0.1) is 12.7 Å². The Kier molecular flexibility index (Phi) is 6.07. The lowest BCUT2D eigenvalue weighted by Gasteiger charge is -2.21. The highest BCUT2D eigenvalue weighted by Crippen LogP contribution is 2.19. The van der Waals surface area contributed by atoms with Crippen molar-refractivity contribution in [2.75, 3.05) is 13.7 Å². The molecule has 4 heteroatoms. The lowest BCUT2D eigenvalue weighted by molar-refractivity contribution is 0.0998. The SMILES string of the molecule is COC(CNC(C)c1cccc(CO)c1)c1ccc(F)cc1. The lowest BCUT2D eigenvalue weighted by atomic mass is 10.0. The first-order valence-electron chi connectivity index (χ1n) is 7.35. The van der Waals surface area contributed by atoms with Gasteiger partial charge in [0.1, 0.15) is 5.82 Å². The number of aliphatic hydroxyl groups is 1. The van der Waals surface area contributed by atoms with E-state index in [0.29, 0.717) is 6.54 Å². The first kappa shape index (κ1) is 16.6.